The zero-order chi connectivity index (χ0) is 15.1. The van der Waals surface area contributed by atoms with E-state index >= 15 is 0 Å². The van der Waals surface area contributed by atoms with Crippen molar-refractivity contribution in [1.29, 1.82) is 0 Å². The van der Waals surface area contributed by atoms with Crippen LogP contribution in [0.25, 0.3) is 22.3 Å². The Hall–Kier alpha value is -2.27. The van der Waals surface area contributed by atoms with Crippen LogP contribution in [0, 0.1) is 11.6 Å². The molecule has 0 aliphatic carbocycles. The van der Waals surface area contributed by atoms with Gasteiger partial charge in [-0.1, -0.05) is 11.6 Å². The van der Waals surface area contributed by atoms with Crippen LogP contribution in [0.1, 0.15) is 17.3 Å². The van der Waals surface area contributed by atoms with Gasteiger partial charge in [-0.25, -0.2) is 8.78 Å². The maximum absolute atomic E-state index is 13.8. The van der Waals surface area contributed by atoms with Crippen LogP contribution in [0.15, 0.2) is 35.0 Å². The summed E-state index contributed by atoms with van der Waals surface area (Å²) < 4.78 is 32.7. The molecule has 21 heavy (non-hydrogen) atoms. The van der Waals surface area contributed by atoms with Gasteiger partial charge in [0.1, 0.15) is 17.2 Å². The van der Waals surface area contributed by atoms with Crippen LogP contribution in [0.4, 0.5) is 8.78 Å². The van der Waals surface area contributed by atoms with Gasteiger partial charge < -0.3 is 4.42 Å². The lowest BCUT2D eigenvalue weighted by atomic mass is 10.0. The van der Waals surface area contributed by atoms with E-state index in [1.165, 1.54) is 19.2 Å². The number of carbonyl (C=O) groups is 1. The summed E-state index contributed by atoms with van der Waals surface area (Å²) in [6.45, 7) is 1.25. The fourth-order valence-corrected chi connectivity index (χ4v) is 2.32. The van der Waals surface area contributed by atoms with Gasteiger partial charge in [0.2, 0.25) is 0 Å². The van der Waals surface area contributed by atoms with Crippen molar-refractivity contribution in [3.05, 3.63) is 52.8 Å². The van der Waals surface area contributed by atoms with Crippen LogP contribution < -0.4 is 0 Å². The largest absolute Gasteiger partial charge is 0.456 e. The summed E-state index contributed by atoms with van der Waals surface area (Å²) in [6, 6.07) is 4.10. The third-order valence-electron chi connectivity index (χ3n) is 3.08. The first-order valence-electron chi connectivity index (χ1n) is 6.01. The van der Waals surface area contributed by atoms with Gasteiger partial charge in [-0.3, -0.25) is 9.78 Å². The number of nitrogens with zero attached hydrogens (tertiary/aromatic N) is 1. The zero-order valence-electron chi connectivity index (χ0n) is 10.8. The number of furan rings is 1. The average Bonchev–Trinajstić information content (AvgIpc) is 2.81. The van der Waals surface area contributed by atoms with E-state index in [0.717, 1.165) is 12.3 Å². The quantitative estimate of drug-likeness (QED) is 0.648. The molecule has 0 atom stereocenters. The minimum atomic E-state index is -0.732. The predicted octanol–water partition coefficient (Wildman–Crippen LogP) is 4.63. The summed E-state index contributed by atoms with van der Waals surface area (Å²) in [5.74, 6) is -1.57. The van der Waals surface area contributed by atoms with E-state index in [9.17, 15) is 13.6 Å². The van der Waals surface area contributed by atoms with Crippen LogP contribution in [-0.4, -0.2) is 10.8 Å². The molecule has 0 aliphatic heterocycles. The lowest BCUT2D eigenvalue weighted by Crippen LogP contribution is -2.01. The highest BCUT2D eigenvalue weighted by atomic mass is 35.5. The van der Waals surface area contributed by atoms with E-state index < -0.39 is 17.4 Å². The molecule has 106 valence electrons. The maximum atomic E-state index is 13.8. The van der Waals surface area contributed by atoms with Crippen molar-refractivity contribution < 1.29 is 18.0 Å². The van der Waals surface area contributed by atoms with Gasteiger partial charge in [0, 0.05) is 23.2 Å². The van der Waals surface area contributed by atoms with Crippen LogP contribution >= 0.6 is 11.6 Å². The van der Waals surface area contributed by atoms with Crippen LogP contribution in [0.5, 0.6) is 0 Å². The van der Waals surface area contributed by atoms with Crippen molar-refractivity contribution in [2.75, 3.05) is 0 Å². The molecular weight excluding hydrogens is 300 g/mol. The van der Waals surface area contributed by atoms with Gasteiger partial charge in [0.15, 0.2) is 11.6 Å². The molecule has 0 N–H and O–H groups in total. The van der Waals surface area contributed by atoms with Crippen molar-refractivity contribution in [1.82, 2.24) is 4.98 Å². The van der Waals surface area contributed by atoms with Crippen LogP contribution in [-0.2, 0) is 0 Å². The first kappa shape index (κ1) is 13.7. The first-order valence-corrected chi connectivity index (χ1v) is 6.38. The number of Topliss-reactive ketones (excluding diaryl/α,β-unsaturated/α-hetero) is 1. The Bertz CT molecular complexity index is 834. The van der Waals surface area contributed by atoms with Crippen LogP contribution in [0.2, 0.25) is 5.02 Å². The highest BCUT2D eigenvalue weighted by Crippen LogP contribution is 2.33. The summed E-state index contributed by atoms with van der Waals surface area (Å²) in [5, 5.41) is 0.508. The highest BCUT2D eigenvalue weighted by molar-refractivity contribution is 6.31. The van der Waals surface area contributed by atoms with E-state index in [1.807, 2.05) is 0 Å². The Morgan fingerprint density at radius 3 is 2.67 bits per heavy atom. The summed E-state index contributed by atoms with van der Waals surface area (Å²) in [4.78, 5) is 15.3. The average molecular weight is 308 g/mol. The number of hydrogen-bond acceptors (Lipinski definition) is 3. The minimum absolute atomic E-state index is 0.0426. The summed E-state index contributed by atoms with van der Waals surface area (Å²) in [6.07, 6.45) is 2.29. The smallest absolute Gasteiger partial charge is 0.163 e. The number of halogens is 3. The van der Waals surface area contributed by atoms with E-state index in [4.69, 9.17) is 16.0 Å². The van der Waals surface area contributed by atoms with Crippen molar-refractivity contribution in [2.45, 2.75) is 6.92 Å². The second-order valence-electron chi connectivity index (χ2n) is 4.51. The molecule has 2 aromatic heterocycles. The van der Waals surface area contributed by atoms with E-state index in [0.29, 0.717) is 5.39 Å². The van der Waals surface area contributed by atoms with E-state index in [2.05, 4.69) is 4.98 Å². The summed E-state index contributed by atoms with van der Waals surface area (Å²) >= 11 is 5.71. The first-order chi connectivity index (χ1) is 9.97. The molecule has 0 fully saturated rings. The van der Waals surface area contributed by atoms with E-state index in [1.54, 1.807) is 6.07 Å². The molecule has 0 radical (unpaired) electrons. The predicted molar refractivity (Wildman–Crippen MR) is 74.4 cm³/mol. The van der Waals surface area contributed by atoms with Gasteiger partial charge in [0.05, 0.1) is 16.8 Å². The number of ketones is 1. The number of hydrogen-bond donors (Lipinski definition) is 0. The van der Waals surface area contributed by atoms with Crippen molar-refractivity contribution in [3.63, 3.8) is 0 Å². The zero-order valence-corrected chi connectivity index (χ0v) is 11.5. The summed E-state index contributed by atoms with van der Waals surface area (Å²) in [7, 11) is 0. The number of rotatable bonds is 2. The van der Waals surface area contributed by atoms with Gasteiger partial charge in [-0.15, -0.1) is 0 Å². The molecule has 0 aliphatic rings. The van der Waals surface area contributed by atoms with Gasteiger partial charge >= 0.3 is 0 Å². The lowest BCUT2D eigenvalue weighted by Gasteiger charge is -2.04. The Morgan fingerprint density at radius 2 is 1.95 bits per heavy atom. The standard InChI is InChI=1S/C15H8ClF2NO2/c1-7(20)15-9(5-19-6-12(15)18)14-3-8-2-10(16)11(17)4-13(8)21-14/h2-6H,1H3. The maximum Gasteiger partial charge on any atom is 0.163 e. The Morgan fingerprint density at radius 1 is 1.19 bits per heavy atom. The van der Waals surface area contributed by atoms with Crippen molar-refractivity contribution in [3.8, 4) is 11.3 Å². The molecule has 3 nitrogen and oxygen atoms in total. The number of fused-ring (bicyclic) bond motifs is 1. The Balaban J connectivity index is 2.26. The van der Waals surface area contributed by atoms with Crippen molar-refractivity contribution >= 4 is 28.4 Å². The SMILES string of the molecule is CC(=O)c1c(F)cncc1-c1cc2cc(Cl)c(F)cc2o1. The Labute approximate surface area is 123 Å². The molecule has 0 unspecified atom stereocenters. The second-order valence-corrected chi connectivity index (χ2v) is 4.92. The number of benzene rings is 1. The molecular formula is C15H8ClF2NO2. The molecule has 6 heteroatoms. The molecule has 0 saturated heterocycles. The molecule has 3 rings (SSSR count). The Kier molecular flexibility index (Phi) is 3.22. The monoisotopic (exact) mass is 307 g/mol. The lowest BCUT2D eigenvalue weighted by molar-refractivity contribution is 0.101. The van der Waals surface area contributed by atoms with Gasteiger partial charge in [-0.05, 0) is 19.1 Å². The topological polar surface area (TPSA) is 43.1 Å². The third kappa shape index (κ3) is 2.29. The van der Waals surface area contributed by atoms with Crippen molar-refractivity contribution in [2.24, 2.45) is 0 Å². The molecule has 0 bridgehead atoms. The number of carbonyl (C=O) groups excluding carboxylic acids is 1. The van der Waals surface area contributed by atoms with E-state index in [-0.39, 0.29) is 27.5 Å². The third-order valence-corrected chi connectivity index (χ3v) is 3.37. The van der Waals surface area contributed by atoms with Crippen LogP contribution in [0.3, 0.4) is 0 Å². The molecule has 3 aromatic rings. The molecule has 0 spiro atoms. The van der Waals surface area contributed by atoms with Gasteiger partial charge in [-0.2, -0.15) is 0 Å². The fourth-order valence-electron chi connectivity index (χ4n) is 2.15. The molecule has 2 heterocycles. The fraction of sp³-hybridized carbons (Fsp3) is 0.0667. The van der Waals surface area contributed by atoms with Gasteiger partial charge in [0.25, 0.3) is 0 Å². The molecule has 1 aromatic carbocycles. The molecule has 0 saturated carbocycles. The number of aromatic nitrogens is 1. The highest BCUT2D eigenvalue weighted by Gasteiger charge is 2.18. The minimum Gasteiger partial charge on any atom is -0.456 e. The number of pyridine rings is 1. The molecule has 0 amide bonds. The second kappa shape index (κ2) is 4.93. The summed E-state index contributed by atoms with van der Waals surface area (Å²) in [5.41, 5.74) is 0.358. The normalized spacial score (nSPS) is 11.0.